The third-order valence-corrected chi connectivity index (χ3v) is 2.73. The van der Waals surface area contributed by atoms with E-state index in [1.807, 2.05) is 18.2 Å². The molecular weight excluding hydrogens is 284 g/mol. The molecule has 2 aromatic rings. The van der Waals surface area contributed by atoms with E-state index in [0.717, 1.165) is 4.47 Å². The highest BCUT2D eigenvalue weighted by atomic mass is 79.9. The fraction of sp³-hybridized carbons (Fsp3) is 0. The fourth-order valence-electron chi connectivity index (χ4n) is 1.21. The van der Waals surface area contributed by atoms with Gasteiger partial charge in [0, 0.05) is 4.47 Å². The highest BCUT2D eigenvalue weighted by molar-refractivity contribution is 9.10. The molecule has 0 atom stereocenters. The summed E-state index contributed by atoms with van der Waals surface area (Å²) < 4.78 is 0.803. The number of hydrogen-bond donors (Lipinski definition) is 2. The summed E-state index contributed by atoms with van der Waals surface area (Å²) in [6.45, 7) is 0. The van der Waals surface area contributed by atoms with Crippen molar-refractivity contribution in [1.82, 2.24) is 10.2 Å². The average molecular weight is 293 g/mol. The normalized spacial score (nSPS) is 9.94. The van der Waals surface area contributed by atoms with Gasteiger partial charge in [0.1, 0.15) is 5.82 Å². The SMILES string of the molecule is Nc1ccc(C(=O)Nc2ccccc2Br)nn1. The number of carbonyl (C=O) groups is 1. The quantitative estimate of drug-likeness (QED) is 0.888. The molecule has 2 rings (SSSR count). The summed E-state index contributed by atoms with van der Waals surface area (Å²) in [5, 5.41) is 10.0. The second-order valence-corrected chi connectivity index (χ2v) is 4.13. The molecule has 5 nitrogen and oxygen atoms in total. The molecule has 0 unspecified atom stereocenters. The van der Waals surface area contributed by atoms with Gasteiger partial charge in [-0.25, -0.2) is 0 Å². The lowest BCUT2D eigenvalue weighted by Gasteiger charge is -2.05. The number of carbonyl (C=O) groups excluding carboxylic acids is 1. The molecule has 0 saturated carbocycles. The number of aromatic nitrogens is 2. The Morgan fingerprint density at radius 1 is 1.18 bits per heavy atom. The van der Waals surface area contributed by atoms with Crippen LogP contribution in [0.2, 0.25) is 0 Å². The summed E-state index contributed by atoms with van der Waals surface area (Å²) in [4.78, 5) is 11.8. The minimum absolute atomic E-state index is 0.218. The monoisotopic (exact) mass is 292 g/mol. The van der Waals surface area contributed by atoms with Crippen LogP contribution in [0.5, 0.6) is 0 Å². The zero-order valence-electron chi connectivity index (χ0n) is 8.72. The summed E-state index contributed by atoms with van der Waals surface area (Å²) in [5.41, 5.74) is 6.29. The van der Waals surface area contributed by atoms with Gasteiger partial charge in [-0.1, -0.05) is 12.1 Å². The van der Waals surface area contributed by atoms with Crippen molar-refractivity contribution in [3.8, 4) is 0 Å². The Bertz CT molecular complexity index is 541. The van der Waals surface area contributed by atoms with Gasteiger partial charge in [-0.05, 0) is 40.2 Å². The number of halogens is 1. The first-order valence-electron chi connectivity index (χ1n) is 4.82. The summed E-state index contributed by atoms with van der Waals surface area (Å²) in [6, 6.07) is 10.4. The summed E-state index contributed by atoms with van der Waals surface area (Å²) >= 11 is 3.34. The van der Waals surface area contributed by atoms with Crippen LogP contribution in [0.25, 0.3) is 0 Å². The van der Waals surface area contributed by atoms with Gasteiger partial charge < -0.3 is 11.1 Å². The number of nitrogens with two attached hydrogens (primary N) is 1. The average Bonchev–Trinajstić information content (AvgIpc) is 2.33. The zero-order valence-corrected chi connectivity index (χ0v) is 10.3. The van der Waals surface area contributed by atoms with E-state index < -0.39 is 0 Å². The van der Waals surface area contributed by atoms with E-state index in [2.05, 4.69) is 31.4 Å². The van der Waals surface area contributed by atoms with Crippen LogP contribution in [0.4, 0.5) is 11.5 Å². The number of para-hydroxylation sites is 1. The first kappa shape index (κ1) is 11.5. The van der Waals surface area contributed by atoms with Crippen molar-refractivity contribution in [2.24, 2.45) is 0 Å². The molecule has 0 fully saturated rings. The molecule has 0 aliphatic rings. The number of hydrogen-bond acceptors (Lipinski definition) is 4. The second-order valence-electron chi connectivity index (χ2n) is 3.28. The maximum atomic E-state index is 11.8. The van der Waals surface area contributed by atoms with Gasteiger partial charge in [0.25, 0.3) is 5.91 Å². The van der Waals surface area contributed by atoms with E-state index >= 15 is 0 Å². The van der Waals surface area contributed by atoms with Gasteiger partial charge in [0.2, 0.25) is 0 Å². The topological polar surface area (TPSA) is 80.9 Å². The van der Waals surface area contributed by atoms with Gasteiger partial charge in [-0.3, -0.25) is 4.79 Å². The number of nitrogen functional groups attached to an aromatic ring is 1. The Morgan fingerprint density at radius 2 is 1.94 bits per heavy atom. The molecule has 0 bridgehead atoms. The number of anilines is 2. The Morgan fingerprint density at radius 3 is 2.59 bits per heavy atom. The predicted octanol–water partition coefficient (Wildman–Crippen LogP) is 2.07. The van der Waals surface area contributed by atoms with Crippen molar-refractivity contribution in [2.45, 2.75) is 0 Å². The molecule has 0 radical (unpaired) electrons. The van der Waals surface area contributed by atoms with E-state index in [-0.39, 0.29) is 17.4 Å². The van der Waals surface area contributed by atoms with Crippen LogP contribution in [0.3, 0.4) is 0 Å². The van der Waals surface area contributed by atoms with Gasteiger partial charge in [-0.15, -0.1) is 10.2 Å². The van der Waals surface area contributed by atoms with Crippen molar-refractivity contribution >= 4 is 33.3 Å². The lowest BCUT2D eigenvalue weighted by Crippen LogP contribution is -2.14. The minimum atomic E-state index is -0.329. The second kappa shape index (κ2) is 4.92. The summed E-state index contributed by atoms with van der Waals surface area (Å²) in [6.07, 6.45) is 0. The van der Waals surface area contributed by atoms with E-state index in [1.165, 1.54) is 12.1 Å². The van der Waals surface area contributed by atoms with Crippen molar-refractivity contribution in [3.05, 3.63) is 46.6 Å². The fourth-order valence-corrected chi connectivity index (χ4v) is 1.60. The van der Waals surface area contributed by atoms with Gasteiger partial charge >= 0.3 is 0 Å². The minimum Gasteiger partial charge on any atom is -0.382 e. The number of benzene rings is 1. The predicted molar refractivity (Wildman–Crippen MR) is 68.5 cm³/mol. The molecule has 0 spiro atoms. The highest BCUT2D eigenvalue weighted by Gasteiger charge is 2.09. The number of amides is 1. The first-order valence-corrected chi connectivity index (χ1v) is 5.61. The van der Waals surface area contributed by atoms with Gasteiger partial charge in [0.15, 0.2) is 5.69 Å². The van der Waals surface area contributed by atoms with Crippen LogP contribution in [0.15, 0.2) is 40.9 Å². The maximum absolute atomic E-state index is 11.8. The molecule has 1 heterocycles. The third-order valence-electron chi connectivity index (χ3n) is 2.04. The Kier molecular flexibility index (Phi) is 3.34. The molecule has 3 N–H and O–H groups in total. The highest BCUT2D eigenvalue weighted by Crippen LogP contribution is 2.21. The standard InChI is InChI=1S/C11H9BrN4O/c12-7-3-1-2-4-8(7)14-11(17)9-5-6-10(13)16-15-9/h1-6H,(H2,13,16)(H,14,17). The molecule has 0 aliphatic carbocycles. The largest absolute Gasteiger partial charge is 0.382 e. The van der Waals surface area contributed by atoms with Crippen molar-refractivity contribution < 1.29 is 4.79 Å². The Hall–Kier alpha value is -1.95. The first-order chi connectivity index (χ1) is 8.16. The zero-order chi connectivity index (χ0) is 12.3. The van der Waals surface area contributed by atoms with E-state index in [1.54, 1.807) is 6.07 Å². The molecular formula is C11H9BrN4O. The van der Waals surface area contributed by atoms with Crippen LogP contribution in [0, 0.1) is 0 Å². The maximum Gasteiger partial charge on any atom is 0.276 e. The number of nitrogens with zero attached hydrogens (tertiary/aromatic N) is 2. The molecule has 0 aliphatic heterocycles. The third kappa shape index (κ3) is 2.79. The van der Waals surface area contributed by atoms with Crippen LogP contribution in [-0.4, -0.2) is 16.1 Å². The molecule has 17 heavy (non-hydrogen) atoms. The van der Waals surface area contributed by atoms with Crippen LogP contribution < -0.4 is 11.1 Å². The smallest absolute Gasteiger partial charge is 0.276 e. The molecule has 0 saturated heterocycles. The molecule has 1 amide bonds. The molecule has 6 heteroatoms. The van der Waals surface area contributed by atoms with E-state index in [4.69, 9.17) is 5.73 Å². The van der Waals surface area contributed by atoms with Crippen molar-refractivity contribution in [3.63, 3.8) is 0 Å². The van der Waals surface area contributed by atoms with Crippen LogP contribution >= 0.6 is 15.9 Å². The van der Waals surface area contributed by atoms with Gasteiger partial charge in [-0.2, -0.15) is 0 Å². The molecule has 1 aromatic carbocycles. The van der Waals surface area contributed by atoms with Crippen LogP contribution in [0.1, 0.15) is 10.5 Å². The number of rotatable bonds is 2. The molecule has 1 aromatic heterocycles. The van der Waals surface area contributed by atoms with E-state index in [9.17, 15) is 4.79 Å². The Labute approximate surface area is 106 Å². The summed E-state index contributed by atoms with van der Waals surface area (Å²) in [5.74, 6) is -0.0492. The van der Waals surface area contributed by atoms with Crippen molar-refractivity contribution in [2.75, 3.05) is 11.1 Å². The molecule has 86 valence electrons. The lowest BCUT2D eigenvalue weighted by molar-refractivity contribution is 0.102. The van der Waals surface area contributed by atoms with Gasteiger partial charge in [0.05, 0.1) is 5.69 Å². The van der Waals surface area contributed by atoms with E-state index in [0.29, 0.717) is 5.69 Å². The van der Waals surface area contributed by atoms with Crippen molar-refractivity contribution in [1.29, 1.82) is 0 Å². The van der Waals surface area contributed by atoms with Crippen LogP contribution in [-0.2, 0) is 0 Å². The lowest BCUT2D eigenvalue weighted by atomic mass is 10.3. The number of nitrogens with one attached hydrogen (secondary N) is 1. The summed E-state index contributed by atoms with van der Waals surface area (Å²) in [7, 11) is 0. The Balaban J connectivity index is 2.17.